The SMILES string of the molecule is COC(=O)CCSc1nnnn1-c1ccc(Cl)cc1. The normalized spacial score (nSPS) is 10.4. The summed E-state index contributed by atoms with van der Waals surface area (Å²) < 4.78 is 6.17. The van der Waals surface area contributed by atoms with Gasteiger partial charge in [0, 0.05) is 10.8 Å². The molecule has 0 amide bonds. The minimum absolute atomic E-state index is 0.252. The van der Waals surface area contributed by atoms with Crippen molar-refractivity contribution in [3.05, 3.63) is 29.3 Å². The molecule has 0 unspecified atom stereocenters. The highest BCUT2D eigenvalue weighted by atomic mass is 35.5. The molecule has 0 saturated carbocycles. The van der Waals surface area contributed by atoms with Gasteiger partial charge in [0.05, 0.1) is 19.2 Å². The summed E-state index contributed by atoms with van der Waals surface area (Å²) in [5.74, 6) is 0.304. The molecule has 1 heterocycles. The number of methoxy groups -OCH3 is 1. The molecule has 0 aliphatic heterocycles. The highest BCUT2D eigenvalue weighted by molar-refractivity contribution is 7.99. The van der Waals surface area contributed by atoms with Gasteiger partial charge in [0.25, 0.3) is 0 Å². The van der Waals surface area contributed by atoms with Crippen LogP contribution in [-0.4, -0.2) is 39.0 Å². The molecule has 8 heteroatoms. The van der Waals surface area contributed by atoms with Crippen molar-refractivity contribution < 1.29 is 9.53 Å². The van der Waals surface area contributed by atoms with E-state index in [9.17, 15) is 4.79 Å². The lowest BCUT2D eigenvalue weighted by Gasteiger charge is -2.03. The molecule has 0 aliphatic rings. The Bertz CT molecular complexity index is 558. The van der Waals surface area contributed by atoms with Crippen LogP contribution in [0.15, 0.2) is 29.4 Å². The third kappa shape index (κ3) is 3.68. The lowest BCUT2D eigenvalue weighted by atomic mass is 10.3. The number of tetrazole rings is 1. The van der Waals surface area contributed by atoms with Crippen molar-refractivity contribution in [2.24, 2.45) is 0 Å². The van der Waals surface area contributed by atoms with Crippen LogP contribution in [0.2, 0.25) is 5.02 Å². The molecule has 0 saturated heterocycles. The van der Waals surface area contributed by atoms with Crippen LogP contribution in [0.5, 0.6) is 0 Å². The van der Waals surface area contributed by atoms with E-state index in [4.69, 9.17) is 11.6 Å². The zero-order valence-corrected chi connectivity index (χ0v) is 11.7. The van der Waals surface area contributed by atoms with E-state index < -0.39 is 0 Å². The van der Waals surface area contributed by atoms with E-state index >= 15 is 0 Å². The minimum Gasteiger partial charge on any atom is -0.469 e. The summed E-state index contributed by atoms with van der Waals surface area (Å²) in [5, 5.41) is 12.7. The molecule has 0 fully saturated rings. The molecule has 100 valence electrons. The van der Waals surface area contributed by atoms with Gasteiger partial charge < -0.3 is 4.74 Å². The van der Waals surface area contributed by atoms with E-state index in [1.165, 1.54) is 18.9 Å². The second-order valence-electron chi connectivity index (χ2n) is 3.52. The molecular formula is C11H11ClN4O2S. The average molecular weight is 299 g/mol. The van der Waals surface area contributed by atoms with Crippen LogP contribution in [-0.2, 0) is 9.53 Å². The molecule has 0 aliphatic carbocycles. The lowest BCUT2D eigenvalue weighted by molar-refractivity contribution is -0.140. The van der Waals surface area contributed by atoms with E-state index in [1.807, 2.05) is 12.1 Å². The number of aromatic nitrogens is 4. The lowest BCUT2D eigenvalue weighted by Crippen LogP contribution is -2.03. The molecule has 0 N–H and O–H groups in total. The largest absolute Gasteiger partial charge is 0.469 e. The van der Waals surface area contributed by atoms with Crippen molar-refractivity contribution in [2.75, 3.05) is 12.9 Å². The molecule has 0 radical (unpaired) electrons. The van der Waals surface area contributed by atoms with Gasteiger partial charge in [-0.1, -0.05) is 23.4 Å². The van der Waals surface area contributed by atoms with Gasteiger partial charge in [-0.3, -0.25) is 4.79 Å². The number of ether oxygens (including phenoxy) is 1. The highest BCUT2D eigenvalue weighted by Crippen LogP contribution is 2.20. The van der Waals surface area contributed by atoms with Gasteiger partial charge in [-0.25, -0.2) is 0 Å². The number of esters is 1. The topological polar surface area (TPSA) is 69.9 Å². The van der Waals surface area contributed by atoms with Gasteiger partial charge in [-0.15, -0.1) is 5.10 Å². The van der Waals surface area contributed by atoms with Crippen LogP contribution in [0.3, 0.4) is 0 Å². The predicted octanol–water partition coefficient (Wildman–Crippen LogP) is 1.97. The molecular weight excluding hydrogens is 288 g/mol. The van der Waals surface area contributed by atoms with E-state index in [1.54, 1.807) is 16.8 Å². The monoisotopic (exact) mass is 298 g/mol. The van der Waals surface area contributed by atoms with Crippen LogP contribution in [0, 0.1) is 0 Å². The summed E-state index contributed by atoms with van der Waals surface area (Å²) in [6.45, 7) is 0. The first kappa shape index (κ1) is 13.8. The first-order valence-electron chi connectivity index (χ1n) is 5.44. The smallest absolute Gasteiger partial charge is 0.306 e. The molecule has 1 aromatic heterocycles. The third-order valence-corrected chi connectivity index (χ3v) is 3.45. The number of rotatable bonds is 5. The van der Waals surface area contributed by atoms with E-state index in [0.29, 0.717) is 22.4 Å². The molecule has 2 rings (SSSR count). The fraction of sp³-hybridized carbons (Fsp3) is 0.273. The Balaban J connectivity index is 2.05. The Hall–Kier alpha value is -1.60. The summed E-state index contributed by atoms with van der Waals surface area (Å²) in [4.78, 5) is 11.0. The number of carbonyl (C=O) groups is 1. The first-order valence-corrected chi connectivity index (χ1v) is 6.81. The summed E-state index contributed by atoms with van der Waals surface area (Å²) >= 11 is 7.22. The van der Waals surface area contributed by atoms with E-state index in [0.717, 1.165) is 5.69 Å². The fourth-order valence-corrected chi connectivity index (χ4v) is 2.28. The second kappa shape index (κ2) is 6.53. The van der Waals surface area contributed by atoms with Crippen molar-refractivity contribution in [1.82, 2.24) is 20.2 Å². The minimum atomic E-state index is -0.252. The third-order valence-electron chi connectivity index (χ3n) is 2.28. The Morgan fingerprint density at radius 3 is 2.84 bits per heavy atom. The van der Waals surface area contributed by atoms with Gasteiger partial charge in [-0.05, 0) is 34.7 Å². The maximum Gasteiger partial charge on any atom is 0.306 e. The quantitative estimate of drug-likeness (QED) is 0.621. The number of thioether (sulfide) groups is 1. The fourth-order valence-electron chi connectivity index (χ4n) is 1.34. The van der Waals surface area contributed by atoms with Gasteiger partial charge in [0.15, 0.2) is 0 Å². The number of hydrogen-bond acceptors (Lipinski definition) is 6. The van der Waals surface area contributed by atoms with Crippen LogP contribution in [0.1, 0.15) is 6.42 Å². The summed E-state index contributed by atoms with van der Waals surface area (Å²) in [7, 11) is 1.37. The molecule has 0 spiro atoms. The Kier molecular flexibility index (Phi) is 4.75. The van der Waals surface area contributed by atoms with Gasteiger partial charge in [0.2, 0.25) is 5.16 Å². The maximum absolute atomic E-state index is 11.0. The van der Waals surface area contributed by atoms with Crippen molar-refractivity contribution in [2.45, 2.75) is 11.6 Å². The summed E-state index contributed by atoms with van der Waals surface area (Å²) in [6, 6.07) is 7.18. The van der Waals surface area contributed by atoms with Gasteiger partial charge in [0.1, 0.15) is 0 Å². The van der Waals surface area contributed by atoms with Crippen LogP contribution in [0.4, 0.5) is 0 Å². The number of benzene rings is 1. The predicted molar refractivity (Wildman–Crippen MR) is 71.5 cm³/mol. The molecule has 2 aromatic rings. The van der Waals surface area contributed by atoms with Gasteiger partial charge in [-0.2, -0.15) is 4.68 Å². The molecule has 1 aromatic carbocycles. The standard InChI is InChI=1S/C11H11ClN4O2S/c1-18-10(17)6-7-19-11-13-14-15-16(11)9-4-2-8(12)3-5-9/h2-5H,6-7H2,1H3. The number of nitrogens with zero attached hydrogens (tertiary/aromatic N) is 4. The van der Waals surface area contributed by atoms with Crippen molar-refractivity contribution >= 4 is 29.3 Å². The Morgan fingerprint density at radius 2 is 2.16 bits per heavy atom. The number of carbonyl (C=O) groups excluding carboxylic acids is 1. The number of halogens is 1. The maximum atomic E-state index is 11.0. The summed E-state index contributed by atoms with van der Waals surface area (Å²) in [6.07, 6.45) is 0.314. The first-order chi connectivity index (χ1) is 9.20. The molecule has 19 heavy (non-hydrogen) atoms. The highest BCUT2D eigenvalue weighted by Gasteiger charge is 2.10. The van der Waals surface area contributed by atoms with Crippen LogP contribution < -0.4 is 0 Å². The molecule has 0 atom stereocenters. The second-order valence-corrected chi connectivity index (χ2v) is 5.02. The number of hydrogen-bond donors (Lipinski definition) is 0. The van der Waals surface area contributed by atoms with Gasteiger partial charge >= 0.3 is 5.97 Å². The zero-order valence-electron chi connectivity index (χ0n) is 10.1. The Labute approximate surface area is 119 Å². The molecule has 6 nitrogen and oxygen atoms in total. The van der Waals surface area contributed by atoms with E-state index in [-0.39, 0.29) is 5.97 Å². The van der Waals surface area contributed by atoms with E-state index in [2.05, 4.69) is 20.3 Å². The van der Waals surface area contributed by atoms with Crippen molar-refractivity contribution in [3.63, 3.8) is 0 Å². The van der Waals surface area contributed by atoms with Crippen molar-refractivity contribution in [1.29, 1.82) is 0 Å². The average Bonchev–Trinajstić information content (AvgIpc) is 2.88. The molecule has 0 bridgehead atoms. The Morgan fingerprint density at radius 1 is 1.42 bits per heavy atom. The zero-order chi connectivity index (χ0) is 13.7. The van der Waals surface area contributed by atoms with Crippen molar-refractivity contribution in [3.8, 4) is 5.69 Å². The van der Waals surface area contributed by atoms with Crippen LogP contribution >= 0.6 is 23.4 Å². The van der Waals surface area contributed by atoms with Crippen LogP contribution in [0.25, 0.3) is 5.69 Å². The summed E-state index contributed by atoms with van der Waals surface area (Å²) in [5.41, 5.74) is 0.815.